The van der Waals surface area contributed by atoms with E-state index in [0.29, 0.717) is 12.0 Å². The van der Waals surface area contributed by atoms with Gasteiger partial charge in [-0.15, -0.1) is 0 Å². The van der Waals surface area contributed by atoms with Gasteiger partial charge in [0, 0.05) is 18.5 Å². The Bertz CT molecular complexity index is 115. The summed E-state index contributed by atoms with van der Waals surface area (Å²) < 4.78 is 0. The van der Waals surface area contributed by atoms with Gasteiger partial charge in [0.1, 0.15) is 0 Å². The van der Waals surface area contributed by atoms with Gasteiger partial charge in [-0.1, -0.05) is 6.42 Å². The second-order valence-corrected chi connectivity index (χ2v) is 3.18. The molecule has 0 radical (unpaired) electrons. The zero-order chi connectivity index (χ0) is 6.27. The smallest absolute Gasteiger partial charge is 0.0707 e. The van der Waals surface area contributed by atoms with Crippen LogP contribution >= 0.6 is 0 Å². The highest BCUT2D eigenvalue weighted by molar-refractivity contribution is 4.94. The third kappa shape index (κ3) is 0.775. The summed E-state index contributed by atoms with van der Waals surface area (Å²) in [6.07, 6.45) is 3.78. The van der Waals surface area contributed by atoms with Crippen LogP contribution in [0.5, 0.6) is 0 Å². The molecule has 0 unspecified atom stereocenters. The Morgan fingerprint density at radius 1 is 1.33 bits per heavy atom. The van der Waals surface area contributed by atoms with Crippen LogP contribution in [0, 0.1) is 5.92 Å². The first-order valence-corrected chi connectivity index (χ1v) is 3.79. The van der Waals surface area contributed by atoms with Gasteiger partial charge >= 0.3 is 0 Å². The lowest BCUT2D eigenvalue weighted by Gasteiger charge is -2.09. The summed E-state index contributed by atoms with van der Waals surface area (Å²) in [6, 6.07) is 0.653. The fourth-order valence-electron chi connectivity index (χ4n) is 2.13. The van der Waals surface area contributed by atoms with E-state index in [9.17, 15) is 5.11 Å². The van der Waals surface area contributed by atoms with Crippen molar-refractivity contribution >= 4 is 0 Å². The number of nitrogens with one attached hydrogen (secondary N) is 1. The van der Waals surface area contributed by atoms with E-state index >= 15 is 0 Å². The molecule has 0 bridgehead atoms. The van der Waals surface area contributed by atoms with Gasteiger partial charge in [0.15, 0.2) is 0 Å². The highest BCUT2D eigenvalue weighted by Gasteiger charge is 2.37. The predicted molar refractivity (Wildman–Crippen MR) is 35.1 cm³/mol. The molecule has 1 saturated heterocycles. The normalized spacial score (nSPS) is 49.7. The number of aliphatic hydroxyl groups is 1. The standard InChI is InChI=1S/C7H13NO/c9-7-4-8-6-3-1-2-5(6)7/h5-9H,1-4H2/t5-,6+,7+/m1/s1. The van der Waals surface area contributed by atoms with Crippen molar-refractivity contribution in [3.05, 3.63) is 0 Å². The predicted octanol–water partition coefficient (Wildman–Crippen LogP) is 0.119. The quantitative estimate of drug-likeness (QED) is 0.484. The van der Waals surface area contributed by atoms with Gasteiger partial charge < -0.3 is 10.4 Å². The van der Waals surface area contributed by atoms with E-state index in [1.807, 2.05) is 0 Å². The van der Waals surface area contributed by atoms with Crippen LogP contribution in [0.25, 0.3) is 0 Å². The van der Waals surface area contributed by atoms with Gasteiger partial charge in [0.25, 0.3) is 0 Å². The van der Waals surface area contributed by atoms with Gasteiger partial charge in [-0.2, -0.15) is 0 Å². The summed E-state index contributed by atoms with van der Waals surface area (Å²) in [7, 11) is 0. The molecule has 0 amide bonds. The van der Waals surface area contributed by atoms with Crippen LogP contribution in [0.3, 0.4) is 0 Å². The van der Waals surface area contributed by atoms with E-state index in [-0.39, 0.29) is 6.10 Å². The van der Waals surface area contributed by atoms with Crippen molar-refractivity contribution in [2.45, 2.75) is 31.4 Å². The fourth-order valence-corrected chi connectivity index (χ4v) is 2.13. The Morgan fingerprint density at radius 3 is 3.00 bits per heavy atom. The van der Waals surface area contributed by atoms with Crippen molar-refractivity contribution in [3.8, 4) is 0 Å². The Hall–Kier alpha value is -0.0800. The Kier molecular flexibility index (Phi) is 1.24. The molecule has 2 nitrogen and oxygen atoms in total. The molecule has 1 saturated carbocycles. The second kappa shape index (κ2) is 1.96. The first kappa shape index (κ1) is 5.69. The first-order chi connectivity index (χ1) is 4.38. The maximum Gasteiger partial charge on any atom is 0.0707 e. The molecule has 1 heterocycles. The minimum Gasteiger partial charge on any atom is -0.391 e. The Morgan fingerprint density at radius 2 is 2.22 bits per heavy atom. The number of aliphatic hydroxyl groups excluding tert-OH is 1. The number of β-amino-alcohol motifs (C(OH)–C–C–N with tert-alkyl or cyclic N) is 1. The molecule has 52 valence electrons. The average Bonchev–Trinajstić information content (AvgIpc) is 2.35. The molecule has 0 aromatic rings. The molecule has 0 aromatic heterocycles. The van der Waals surface area contributed by atoms with Gasteiger partial charge in [0.2, 0.25) is 0 Å². The number of rotatable bonds is 0. The van der Waals surface area contributed by atoms with Crippen LogP contribution in [0.2, 0.25) is 0 Å². The lowest BCUT2D eigenvalue weighted by Crippen LogP contribution is -2.21. The monoisotopic (exact) mass is 127 g/mol. The van der Waals surface area contributed by atoms with E-state index in [4.69, 9.17) is 0 Å². The number of hydrogen-bond acceptors (Lipinski definition) is 2. The van der Waals surface area contributed by atoms with Crippen molar-refractivity contribution in [3.63, 3.8) is 0 Å². The largest absolute Gasteiger partial charge is 0.391 e. The molecule has 1 aliphatic heterocycles. The molecule has 0 spiro atoms. The van der Waals surface area contributed by atoms with Crippen molar-refractivity contribution in [1.82, 2.24) is 5.32 Å². The summed E-state index contributed by atoms with van der Waals surface area (Å²) in [6.45, 7) is 0.829. The summed E-state index contributed by atoms with van der Waals surface area (Å²) in [5.74, 6) is 0.588. The maximum absolute atomic E-state index is 9.34. The topological polar surface area (TPSA) is 32.3 Å². The minimum atomic E-state index is -0.0440. The van der Waals surface area contributed by atoms with Gasteiger partial charge in [-0.25, -0.2) is 0 Å². The van der Waals surface area contributed by atoms with Crippen molar-refractivity contribution in [2.24, 2.45) is 5.92 Å². The number of hydrogen-bond donors (Lipinski definition) is 2. The second-order valence-electron chi connectivity index (χ2n) is 3.18. The van der Waals surface area contributed by atoms with E-state index in [1.165, 1.54) is 19.3 Å². The van der Waals surface area contributed by atoms with Crippen LogP contribution in [0.4, 0.5) is 0 Å². The Balaban J connectivity index is 2.07. The Labute approximate surface area is 55.3 Å². The lowest BCUT2D eigenvalue weighted by molar-refractivity contribution is 0.144. The SMILES string of the molecule is O[C@H]1CN[C@H]2CCC[C@H]21. The zero-order valence-corrected chi connectivity index (χ0v) is 5.51. The molecule has 2 rings (SSSR count). The molecule has 1 aliphatic carbocycles. The van der Waals surface area contributed by atoms with E-state index < -0.39 is 0 Å². The maximum atomic E-state index is 9.34. The molecule has 2 N–H and O–H groups in total. The van der Waals surface area contributed by atoms with Gasteiger partial charge in [0.05, 0.1) is 6.10 Å². The van der Waals surface area contributed by atoms with Crippen molar-refractivity contribution in [2.75, 3.05) is 6.54 Å². The molecule has 2 heteroatoms. The molecular weight excluding hydrogens is 114 g/mol. The van der Waals surface area contributed by atoms with Crippen molar-refractivity contribution in [1.29, 1.82) is 0 Å². The molecule has 2 fully saturated rings. The van der Waals surface area contributed by atoms with Crippen LogP contribution in [-0.4, -0.2) is 23.8 Å². The third-order valence-electron chi connectivity index (χ3n) is 2.65. The van der Waals surface area contributed by atoms with Crippen LogP contribution < -0.4 is 5.32 Å². The summed E-state index contributed by atoms with van der Waals surface area (Å²) in [5.41, 5.74) is 0. The van der Waals surface area contributed by atoms with E-state index in [0.717, 1.165) is 6.54 Å². The highest BCUT2D eigenvalue weighted by Crippen LogP contribution is 2.31. The van der Waals surface area contributed by atoms with Gasteiger partial charge in [-0.3, -0.25) is 0 Å². The van der Waals surface area contributed by atoms with Crippen LogP contribution in [-0.2, 0) is 0 Å². The number of fused-ring (bicyclic) bond motifs is 1. The first-order valence-electron chi connectivity index (χ1n) is 3.79. The van der Waals surface area contributed by atoms with E-state index in [2.05, 4.69) is 5.32 Å². The highest BCUT2D eigenvalue weighted by atomic mass is 16.3. The average molecular weight is 127 g/mol. The van der Waals surface area contributed by atoms with Crippen LogP contribution in [0.15, 0.2) is 0 Å². The molecule has 9 heavy (non-hydrogen) atoms. The van der Waals surface area contributed by atoms with E-state index in [1.54, 1.807) is 0 Å². The summed E-state index contributed by atoms with van der Waals surface area (Å²) >= 11 is 0. The third-order valence-corrected chi connectivity index (χ3v) is 2.65. The lowest BCUT2D eigenvalue weighted by atomic mass is 10.0. The molecular formula is C7H13NO. The van der Waals surface area contributed by atoms with Crippen molar-refractivity contribution < 1.29 is 5.11 Å². The fraction of sp³-hybridized carbons (Fsp3) is 1.00. The summed E-state index contributed by atoms with van der Waals surface area (Å²) in [5, 5.41) is 12.7. The molecule has 2 aliphatic rings. The summed E-state index contributed by atoms with van der Waals surface area (Å²) in [4.78, 5) is 0. The minimum absolute atomic E-state index is 0.0440. The molecule has 3 atom stereocenters. The van der Waals surface area contributed by atoms with Crippen LogP contribution in [0.1, 0.15) is 19.3 Å². The van der Waals surface area contributed by atoms with Gasteiger partial charge in [-0.05, 0) is 12.8 Å². The molecule has 0 aromatic carbocycles. The zero-order valence-electron chi connectivity index (χ0n) is 5.51.